The lowest BCUT2D eigenvalue weighted by Crippen LogP contribution is -2.16. The van der Waals surface area contributed by atoms with E-state index in [1.54, 1.807) is 6.07 Å². The largest absolute Gasteiger partial charge is 0.487 e. The Morgan fingerprint density at radius 1 is 1.03 bits per heavy atom. The zero-order valence-corrected chi connectivity index (χ0v) is 16.4. The molecule has 0 aliphatic carbocycles. The molecule has 3 aromatic rings. The zero-order valence-electron chi connectivity index (χ0n) is 15.6. The van der Waals surface area contributed by atoms with E-state index in [9.17, 15) is 26.0 Å². The molecule has 158 valence electrons. The summed E-state index contributed by atoms with van der Waals surface area (Å²) < 4.78 is 84.0. The highest BCUT2D eigenvalue weighted by atomic mass is 32.2. The van der Waals surface area contributed by atoms with Gasteiger partial charge in [-0.25, -0.2) is 17.8 Å². The molecule has 1 heterocycles. The van der Waals surface area contributed by atoms with Gasteiger partial charge >= 0.3 is 6.18 Å². The fourth-order valence-corrected chi connectivity index (χ4v) is 3.83. The van der Waals surface area contributed by atoms with Crippen molar-refractivity contribution in [2.24, 2.45) is 0 Å². The van der Waals surface area contributed by atoms with Gasteiger partial charge in [-0.1, -0.05) is 12.1 Å². The number of benzene rings is 2. The number of rotatable bonds is 6. The standard InChI is InChI=1S/C20H16F4N2O3S/c1-13-5-8-15(21)11-18(13)30(27,28)26-19-4-2-3-16(25-19)12-29-17-9-6-14(7-10-17)20(22,23)24/h2-11H,12H2,1H3,(H,25,26). The molecule has 0 atom stereocenters. The second-order valence-corrected chi connectivity index (χ2v) is 7.99. The van der Waals surface area contributed by atoms with Gasteiger partial charge < -0.3 is 4.74 Å². The quantitative estimate of drug-likeness (QED) is 0.552. The summed E-state index contributed by atoms with van der Waals surface area (Å²) in [6, 6.07) is 12.1. The minimum absolute atomic E-state index is 0.00724. The van der Waals surface area contributed by atoms with Gasteiger partial charge in [0.25, 0.3) is 10.0 Å². The Hall–Kier alpha value is -3.14. The number of alkyl halides is 3. The lowest BCUT2D eigenvalue weighted by atomic mass is 10.2. The van der Waals surface area contributed by atoms with Crippen molar-refractivity contribution in [2.45, 2.75) is 24.6 Å². The minimum Gasteiger partial charge on any atom is -0.487 e. The second-order valence-electron chi connectivity index (χ2n) is 6.34. The topological polar surface area (TPSA) is 68.3 Å². The van der Waals surface area contributed by atoms with E-state index >= 15 is 0 Å². The predicted octanol–water partition coefficient (Wildman–Crippen LogP) is 4.93. The molecular weight excluding hydrogens is 424 g/mol. The lowest BCUT2D eigenvalue weighted by Gasteiger charge is -2.12. The Balaban J connectivity index is 1.71. The van der Waals surface area contributed by atoms with E-state index in [0.29, 0.717) is 11.3 Å². The molecule has 0 saturated heterocycles. The molecule has 0 saturated carbocycles. The Morgan fingerprint density at radius 3 is 2.40 bits per heavy atom. The number of pyridine rings is 1. The number of hydrogen-bond acceptors (Lipinski definition) is 4. The first kappa shape index (κ1) is 21.6. The summed E-state index contributed by atoms with van der Waals surface area (Å²) in [5.74, 6) is -0.494. The number of nitrogens with one attached hydrogen (secondary N) is 1. The van der Waals surface area contributed by atoms with Crippen LogP contribution in [0.4, 0.5) is 23.4 Å². The molecule has 0 aliphatic rings. The first-order chi connectivity index (χ1) is 14.0. The number of sulfonamides is 1. The molecule has 1 aromatic heterocycles. The average molecular weight is 440 g/mol. The van der Waals surface area contributed by atoms with E-state index in [2.05, 4.69) is 9.71 Å². The molecule has 30 heavy (non-hydrogen) atoms. The van der Waals surface area contributed by atoms with Gasteiger partial charge in [-0.3, -0.25) is 4.72 Å². The smallest absolute Gasteiger partial charge is 0.416 e. The molecule has 3 rings (SSSR count). The molecular formula is C20H16F4N2O3S. The van der Waals surface area contributed by atoms with E-state index < -0.39 is 27.6 Å². The van der Waals surface area contributed by atoms with Gasteiger partial charge in [0, 0.05) is 0 Å². The summed E-state index contributed by atoms with van der Waals surface area (Å²) in [6.07, 6.45) is -4.44. The highest BCUT2D eigenvalue weighted by Gasteiger charge is 2.30. The summed E-state index contributed by atoms with van der Waals surface area (Å²) in [4.78, 5) is 3.91. The molecule has 0 amide bonds. The summed E-state index contributed by atoms with van der Waals surface area (Å²) in [5.41, 5.74) is -0.0891. The summed E-state index contributed by atoms with van der Waals surface area (Å²) in [7, 11) is -4.07. The van der Waals surface area contributed by atoms with E-state index in [0.717, 1.165) is 24.3 Å². The van der Waals surface area contributed by atoms with Crippen molar-refractivity contribution in [3.05, 3.63) is 83.3 Å². The van der Waals surface area contributed by atoms with E-state index in [1.165, 1.54) is 37.3 Å². The molecule has 1 N–H and O–H groups in total. The van der Waals surface area contributed by atoms with Crippen molar-refractivity contribution in [2.75, 3.05) is 4.72 Å². The van der Waals surface area contributed by atoms with E-state index in [4.69, 9.17) is 4.74 Å². The van der Waals surface area contributed by atoms with Crippen LogP contribution in [0.15, 0.2) is 65.6 Å². The number of hydrogen-bond donors (Lipinski definition) is 1. The van der Waals surface area contributed by atoms with Gasteiger partial charge in [0.15, 0.2) is 0 Å². The van der Waals surface area contributed by atoms with E-state index in [-0.39, 0.29) is 23.1 Å². The fraction of sp³-hybridized carbons (Fsp3) is 0.150. The summed E-state index contributed by atoms with van der Waals surface area (Å²) in [5, 5.41) is 0. The molecule has 2 aromatic carbocycles. The fourth-order valence-electron chi connectivity index (χ4n) is 2.57. The Bertz CT molecular complexity index is 1150. The lowest BCUT2D eigenvalue weighted by molar-refractivity contribution is -0.137. The van der Waals surface area contributed by atoms with Crippen LogP contribution in [0.2, 0.25) is 0 Å². The predicted molar refractivity (Wildman–Crippen MR) is 102 cm³/mol. The number of halogens is 4. The number of ether oxygens (including phenoxy) is 1. The normalized spacial score (nSPS) is 11.9. The van der Waals surface area contributed by atoms with Gasteiger partial charge in [0.1, 0.15) is 24.0 Å². The second kappa shape index (κ2) is 8.31. The SMILES string of the molecule is Cc1ccc(F)cc1S(=O)(=O)Nc1cccc(COc2ccc(C(F)(F)F)cc2)n1. The van der Waals surface area contributed by atoms with Crippen LogP contribution in [-0.4, -0.2) is 13.4 Å². The maximum Gasteiger partial charge on any atom is 0.416 e. The minimum atomic E-state index is -4.44. The molecule has 0 bridgehead atoms. The highest BCUT2D eigenvalue weighted by molar-refractivity contribution is 7.92. The van der Waals surface area contributed by atoms with Crippen LogP contribution in [0.3, 0.4) is 0 Å². The third-order valence-electron chi connectivity index (χ3n) is 4.05. The van der Waals surface area contributed by atoms with Crippen molar-refractivity contribution < 1.29 is 30.7 Å². The first-order valence-corrected chi connectivity index (χ1v) is 10.1. The van der Waals surface area contributed by atoms with Crippen molar-refractivity contribution in [1.82, 2.24) is 4.98 Å². The Kier molecular flexibility index (Phi) is 5.97. The molecule has 0 radical (unpaired) electrons. The molecule has 0 spiro atoms. The maximum absolute atomic E-state index is 13.4. The zero-order chi connectivity index (χ0) is 21.9. The van der Waals surface area contributed by atoms with Gasteiger partial charge in [0.2, 0.25) is 0 Å². The molecule has 10 heteroatoms. The van der Waals surface area contributed by atoms with Crippen molar-refractivity contribution in [3.8, 4) is 5.75 Å². The first-order valence-electron chi connectivity index (χ1n) is 8.59. The van der Waals surface area contributed by atoms with Crippen molar-refractivity contribution >= 4 is 15.8 Å². The number of aromatic nitrogens is 1. The highest BCUT2D eigenvalue weighted by Crippen LogP contribution is 2.30. The van der Waals surface area contributed by atoms with Crippen LogP contribution in [0.1, 0.15) is 16.8 Å². The van der Waals surface area contributed by atoms with Crippen LogP contribution in [0, 0.1) is 12.7 Å². The Morgan fingerprint density at radius 2 is 1.73 bits per heavy atom. The monoisotopic (exact) mass is 440 g/mol. The van der Waals surface area contributed by atoms with Crippen LogP contribution in [-0.2, 0) is 22.8 Å². The van der Waals surface area contributed by atoms with Crippen LogP contribution in [0.5, 0.6) is 5.75 Å². The molecule has 5 nitrogen and oxygen atoms in total. The van der Waals surface area contributed by atoms with Crippen LogP contribution in [0.25, 0.3) is 0 Å². The van der Waals surface area contributed by atoms with E-state index in [1.807, 2.05) is 0 Å². The third-order valence-corrected chi connectivity index (χ3v) is 5.55. The van der Waals surface area contributed by atoms with Crippen molar-refractivity contribution in [1.29, 1.82) is 0 Å². The Labute approximate surface area is 170 Å². The number of nitrogens with zero attached hydrogens (tertiary/aromatic N) is 1. The molecule has 0 unspecified atom stereocenters. The van der Waals surface area contributed by atoms with Gasteiger partial charge in [-0.15, -0.1) is 0 Å². The van der Waals surface area contributed by atoms with Crippen molar-refractivity contribution in [3.63, 3.8) is 0 Å². The molecule has 0 aliphatic heterocycles. The van der Waals surface area contributed by atoms with Gasteiger partial charge in [-0.2, -0.15) is 13.2 Å². The summed E-state index contributed by atoms with van der Waals surface area (Å²) in [6.45, 7) is 1.44. The number of aryl methyl sites for hydroxylation is 1. The molecule has 0 fully saturated rings. The van der Waals surface area contributed by atoms with Gasteiger partial charge in [-0.05, 0) is 61.0 Å². The third kappa shape index (κ3) is 5.26. The maximum atomic E-state index is 13.4. The number of anilines is 1. The van der Waals surface area contributed by atoms with Crippen LogP contribution >= 0.6 is 0 Å². The average Bonchev–Trinajstić information content (AvgIpc) is 2.68. The van der Waals surface area contributed by atoms with Crippen LogP contribution < -0.4 is 9.46 Å². The van der Waals surface area contributed by atoms with Gasteiger partial charge in [0.05, 0.1) is 16.2 Å². The summed E-state index contributed by atoms with van der Waals surface area (Å²) >= 11 is 0.